The summed E-state index contributed by atoms with van der Waals surface area (Å²) in [6.45, 7) is 5.20. The minimum Gasteiger partial charge on any atom is -0.490 e. The Balaban J connectivity index is 1.38. The Bertz CT molecular complexity index is 867. The Hall–Kier alpha value is -2.30. The van der Waals surface area contributed by atoms with Crippen LogP contribution in [0, 0.1) is 0 Å². The molecule has 2 aliphatic rings. The van der Waals surface area contributed by atoms with Crippen molar-refractivity contribution >= 4 is 0 Å². The van der Waals surface area contributed by atoms with E-state index in [2.05, 4.69) is 36.2 Å². The molecule has 0 radical (unpaired) electrons. The van der Waals surface area contributed by atoms with Gasteiger partial charge in [-0.2, -0.15) is 4.98 Å². The summed E-state index contributed by atoms with van der Waals surface area (Å²) in [6.07, 6.45) is 8.05. The summed E-state index contributed by atoms with van der Waals surface area (Å²) < 4.78 is 13.9. The molecule has 0 N–H and O–H groups in total. The molecule has 1 aromatic carbocycles. The standard InChI is InChI=1S/C23H30N2O3/c1-3-20-21(4-2)25-14-19(28-23(25)24-22(20)26)15-27-18-12-10-17(11-13-18)16-8-6-5-7-9-16/h10-13,16,19H,3-9,14-15H2,1-2H3. The van der Waals surface area contributed by atoms with E-state index in [9.17, 15) is 4.79 Å². The third-order valence-electron chi connectivity index (χ3n) is 6.10. The summed E-state index contributed by atoms with van der Waals surface area (Å²) in [6, 6.07) is 8.98. The highest BCUT2D eigenvalue weighted by atomic mass is 16.6. The van der Waals surface area contributed by atoms with Crippen molar-refractivity contribution in [1.29, 1.82) is 0 Å². The molecule has 5 nitrogen and oxygen atoms in total. The van der Waals surface area contributed by atoms with Crippen molar-refractivity contribution in [2.75, 3.05) is 6.61 Å². The molecule has 0 amide bonds. The van der Waals surface area contributed by atoms with E-state index in [4.69, 9.17) is 9.47 Å². The van der Waals surface area contributed by atoms with Gasteiger partial charge in [0.2, 0.25) is 0 Å². The van der Waals surface area contributed by atoms with E-state index < -0.39 is 0 Å². The maximum absolute atomic E-state index is 12.2. The van der Waals surface area contributed by atoms with Gasteiger partial charge in [-0.25, -0.2) is 0 Å². The zero-order chi connectivity index (χ0) is 19.5. The normalized spacial score (nSPS) is 19.3. The van der Waals surface area contributed by atoms with Crippen molar-refractivity contribution in [1.82, 2.24) is 9.55 Å². The van der Waals surface area contributed by atoms with Crippen molar-refractivity contribution in [3.63, 3.8) is 0 Å². The lowest BCUT2D eigenvalue weighted by Crippen LogP contribution is -2.23. The largest absolute Gasteiger partial charge is 0.490 e. The Labute approximate surface area is 166 Å². The Morgan fingerprint density at radius 2 is 1.86 bits per heavy atom. The molecule has 1 unspecified atom stereocenters. The lowest BCUT2D eigenvalue weighted by molar-refractivity contribution is 0.143. The first kappa shape index (κ1) is 19.0. The summed E-state index contributed by atoms with van der Waals surface area (Å²) in [7, 11) is 0. The number of benzene rings is 1. The van der Waals surface area contributed by atoms with Crippen LogP contribution in [0.4, 0.5) is 0 Å². The minimum atomic E-state index is -0.162. The van der Waals surface area contributed by atoms with Crippen LogP contribution in [0.1, 0.15) is 68.7 Å². The maximum Gasteiger partial charge on any atom is 0.300 e. The zero-order valence-corrected chi connectivity index (χ0v) is 16.9. The fourth-order valence-corrected chi connectivity index (χ4v) is 4.59. The molecular formula is C23H30N2O3. The monoisotopic (exact) mass is 382 g/mol. The molecule has 1 aliphatic carbocycles. The summed E-state index contributed by atoms with van der Waals surface area (Å²) >= 11 is 0. The lowest BCUT2D eigenvalue weighted by atomic mass is 9.84. The van der Waals surface area contributed by atoms with Crippen molar-refractivity contribution in [2.24, 2.45) is 0 Å². The number of aromatic nitrogens is 2. The molecule has 5 heteroatoms. The van der Waals surface area contributed by atoms with Gasteiger partial charge in [0, 0.05) is 11.3 Å². The third kappa shape index (κ3) is 3.80. The summed E-state index contributed by atoms with van der Waals surface area (Å²) in [4.78, 5) is 16.3. The third-order valence-corrected chi connectivity index (χ3v) is 6.10. The predicted molar refractivity (Wildman–Crippen MR) is 109 cm³/mol. The van der Waals surface area contributed by atoms with Crippen LogP contribution in [0.2, 0.25) is 0 Å². The van der Waals surface area contributed by atoms with Gasteiger partial charge in [-0.15, -0.1) is 0 Å². The van der Waals surface area contributed by atoms with E-state index in [1.165, 1.54) is 37.7 Å². The van der Waals surface area contributed by atoms with Gasteiger partial charge in [0.05, 0.1) is 6.54 Å². The van der Waals surface area contributed by atoms with Gasteiger partial charge in [-0.05, 0) is 49.3 Å². The second kappa shape index (κ2) is 8.38. The van der Waals surface area contributed by atoms with Crippen LogP contribution in [-0.4, -0.2) is 22.3 Å². The number of hydrogen-bond acceptors (Lipinski definition) is 4. The highest BCUT2D eigenvalue weighted by Crippen LogP contribution is 2.33. The molecule has 1 fully saturated rings. The minimum absolute atomic E-state index is 0.123. The second-order valence-corrected chi connectivity index (χ2v) is 7.90. The van der Waals surface area contributed by atoms with Crippen molar-refractivity contribution in [3.8, 4) is 11.8 Å². The van der Waals surface area contributed by atoms with Gasteiger partial charge in [-0.1, -0.05) is 45.2 Å². The zero-order valence-electron chi connectivity index (χ0n) is 16.9. The van der Waals surface area contributed by atoms with Gasteiger partial charge >= 0.3 is 0 Å². The first-order valence-corrected chi connectivity index (χ1v) is 10.7. The molecule has 1 aromatic heterocycles. The molecule has 4 rings (SSSR count). The molecule has 2 aromatic rings. The van der Waals surface area contributed by atoms with E-state index in [1.54, 1.807) is 0 Å². The van der Waals surface area contributed by atoms with Gasteiger partial charge in [0.1, 0.15) is 12.4 Å². The number of ether oxygens (including phenoxy) is 2. The van der Waals surface area contributed by atoms with E-state index in [0.717, 1.165) is 23.4 Å². The Kier molecular flexibility index (Phi) is 5.69. The Morgan fingerprint density at radius 1 is 1.11 bits per heavy atom. The quantitative estimate of drug-likeness (QED) is 0.749. The smallest absolute Gasteiger partial charge is 0.300 e. The van der Waals surface area contributed by atoms with Crippen molar-refractivity contribution in [2.45, 2.75) is 77.4 Å². The van der Waals surface area contributed by atoms with E-state index >= 15 is 0 Å². The van der Waals surface area contributed by atoms with Crippen LogP contribution in [0.3, 0.4) is 0 Å². The van der Waals surface area contributed by atoms with E-state index in [1.807, 2.05) is 11.5 Å². The van der Waals surface area contributed by atoms with Crippen LogP contribution in [0.25, 0.3) is 0 Å². The highest BCUT2D eigenvalue weighted by molar-refractivity contribution is 5.30. The average molecular weight is 383 g/mol. The topological polar surface area (TPSA) is 53.4 Å². The molecule has 0 spiro atoms. The van der Waals surface area contributed by atoms with Crippen LogP contribution in [0.15, 0.2) is 29.1 Å². The maximum atomic E-state index is 12.2. The van der Waals surface area contributed by atoms with Gasteiger partial charge < -0.3 is 9.47 Å². The molecule has 150 valence electrons. The Morgan fingerprint density at radius 3 is 2.54 bits per heavy atom. The number of hydrogen-bond donors (Lipinski definition) is 0. The molecule has 0 saturated heterocycles. The summed E-state index contributed by atoms with van der Waals surface area (Å²) in [5, 5.41) is 0. The summed E-state index contributed by atoms with van der Waals surface area (Å²) in [5.41, 5.74) is 3.11. The molecule has 1 aliphatic heterocycles. The van der Waals surface area contributed by atoms with Crippen molar-refractivity contribution < 1.29 is 9.47 Å². The average Bonchev–Trinajstić information content (AvgIpc) is 3.14. The van der Waals surface area contributed by atoms with Gasteiger partial charge in [0.25, 0.3) is 11.6 Å². The number of rotatable bonds is 6. The lowest BCUT2D eigenvalue weighted by Gasteiger charge is -2.22. The highest BCUT2D eigenvalue weighted by Gasteiger charge is 2.28. The molecule has 0 bridgehead atoms. The second-order valence-electron chi connectivity index (χ2n) is 7.90. The fraction of sp³-hybridized carbons (Fsp3) is 0.565. The molecule has 1 saturated carbocycles. The molecule has 1 atom stereocenters. The fourth-order valence-electron chi connectivity index (χ4n) is 4.59. The van der Waals surface area contributed by atoms with Gasteiger partial charge in [-0.3, -0.25) is 9.36 Å². The van der Waals surface area contributed by atoms with E-state index in [-0.39, 0.29) is 11.7 Å². The van der Waals surface area contributed by atoms with E-state index in [0.29, 0.717) is 31.5 Å². The summed E-state index contributed by atoms with van der Waals surface area (Å²) in [5.74, 6) is 1.58. The van der Waals surface area contributed by atoms with Crippen LogP contribution >= 0.6 is 0 Å². The molecule has 2 heterocycles. The first-order valence-electron chi connectivity index (χ1n) is 10.7. The molecule has 28 heavy (non-hydrogen) atoms. The van der Waals surface area contributed by atoms with Crippen LogP contribution < -0.4 is 15.0 Å². The molecular weight excluding hydrogens is 352 g/mol. The first-order chi connectivity index (χ1) is 13.7. The van der Waals surface area contributed by atoms with Crippen LogP contribution in [-0.2, 0) is 19.4 Å². The predicted octanol–water partition coefficient (Wildman–Crippen LogP) is 4.26. The SMILES string of the molecule is CCc1c(CC)n2c(nc1=O)OC(COc1ccc(C3CCCCC3)cc1)C2. The number of nitrogens with zero attached hydrogens (tertiary/aromatic N) is 2. The van der Waals surface area contributed by atoms with Crippen molar-refractivity contribution in [3.05, 3.63) is 51.4 Å². The van der Waals surface area contributed by atoms with Crippen LogP contribution in [0.5, 0.6) is 11.8 Å². The number of fused-ring (bicyclic) bond motifs is 1. The van der Waals surface area contributed by atoms with Gasteiger partial charge in [0.15, 0.2) is 6.10 Å².